The molecule has 100 valence electrons. The van der Waals surface area contributed by atoms with Gasteiger partial charge >= 0.3 is 5.97 Å². The van der Waals surface area contributed by atoms with E-state index in [9.17, 15) is 9.59 Å². The molecular formula is C12H11ClN2O3S. The number of aromatic nitrogens is 2. The summed E-state index contributed by atoms with van der Waals surface area (Å²) in [6.45, 7) is 1.79. The monoisotopic (exact) mass is 298 g/mol. The number of thioether (sulfide) groups is 1. The van der Waals surface area contributed by atoms with Crippen molar-refractivity contribution in [3.8, 4) is 0 Å². The van der Waals surface area contributed by atoms with Crippen molar-refractivity contribution >= 4 is 40.2 Å². The van der Waals surface area contributed by atoms with Crippen molar-refractivity contribution < 1.29 is 9.90 Å². The number of H-pyrrole nitrogens is 1. The number of hydrogen-bond donors (Lipinski definition) is 2. The molecule has 0 fully saturated rings. The molecule has 1 aromatic heterocycles. The van der Waals surface area contributed by atoms with Crippen LogP contribution in [0.15, 0.2) is 23.0 Å². The molecule has 0 spiro atoms. The minimum Gasteiger partial charge on any atom is -0.481 e. The molecule has 0 aliphatic carbocycles. The first-order valence-electron chi connectivity index (χ1n) is 5.50. The zero-order chi connectivity index (χ0) is 14.0. The van der Waals surface area contributed by atoms with Crippen LogP contribution in [0.3, 0.4) is 0 Å². The van der Waals surface area contributed by atoms with Gasteiger partial charge in [0, 0.05) is 5.02 Å². The van der Waals surface area contributed by atoms with Gasteiger partial charge in [-0.25, -0.2) is 4.98 Å². The molecule has 1 heterocycles. The molecule has 1 aromatic carbocycles. The van der Waals surface area contributed by atoms with Crippen LogP contribution in [-0.4, -0.2) is 26.8 Å². The molecule has 0 saturated heterocycles. The van der Waals surface area contributed by atoms with Gasteiger partial charge in [-0.15, -0.1) is 11.8 Å². The van der Waals surface area contributed by atoms with E-state index in [-0.39, 0.29) is 16.6 Å². The minimum atomic E-state index is -0.900. The Morgan fingerprint density at radius 2 is 2.32 bits per heavy atom. The van der Waals surface area contributed by atoms with Crippen molar-refractivity contribution in [3.05, 3.63) is 39.4 Å². The SMILES string of the molecule is C[C@H](SCC(=O)O)c1nc2cc(Cl)ccc2c(=O)[nH]1. The van der Waals surface area contributed by atoms with E-state index in [0.717, 1.165) is 0 Å². The van der Waals surface area contributed by atoms with Crippen molar-refractivity contribution in [2.24, 2.45) is 0 Å². The first-order valence-corrected chi connectivity index (χ1v) is 6.93. The lowest BCUT2D eigenvalue weighted by Crippen LogP contribution is -2.13. The summed E-state index contributed by atoms with van der Waals surface area (Å²) in [6, 6.07) is 4.86. The Labute approximate surface area is 118 Å². The molecule has 5 nitrogen and oxygen atoms in total. The van der Waals surface area contributed by atoms with Crippen molar-refractivity contribution in [1.29, 1.82) is 0 Å². The lowest BCUT2D eigenvalue weighted by atomic mass is 10.2. The number of nitrogens with zero attached hydrogens (tertiary/aromatic N) is 1. The Morgan fingerprint density at radius 3 is 3.00 bits per heavy atom. The fourth-order valence-electron chi connectivity index (χ4n) is 1.60. The van der Waals surface area contributed by atoms with E-state index >= 15 is 0 Å². The van der Waals surface area contributed by atoms with Crippen LogP contribution >= 0.6 is 23.4 Å². The Morgan fingerprint density at radius 1 is 1.58 bits per heavy atom. The second-order valence-electron chi connectivity index (χ2n) is 3.96. The Hall–Kier alpha value is -1.53. The number of hydrogen-bond acceptors (Lipinski definition) is 4. The highest BCUT2D eigenvalue weighted by Gasteiger charge is 2.13. The molecule has 0 aliphatic heterocycles. The summed E-state index contributed by atoms with van der Waals surface area (Å²) in [4.78, 5) is 29.4. The van der Waals surface area contributed by atoms with Gasteiger partial charge in [0.1, 0.15) is 5.82 Å². The standard InChI is InChI=1S/C12H11ClN2O3S/c1-6(19-5-10(16)17)11-14-9-4-7(13)2-3-8(9)12(18)15-11/h2-4,6H,5H2,1H3,(H,16,17)(H,14,15,18)/t6-/m0/s1. The molecule has 0 aliphatic rings. The molecule has 0 radical (unpaired) electrons. The van der Waals surface area contributed by atoms with E-state index < -0.39 is 5.97 Å². The van der Waals surface area contributed by atoms with E-state index in [4.69, 9.17) is 16.7 Å². The highest BCUT2D eigenvalue weighted by molar-refractivity contribution is 8.00. The highest BCUT2D eigenvalue weighted by atomic mass is 35.5. The van der Waals surface area contributed by atoms with Crippen LogP contribution in [-0.2, 0) is 4.79 Å². The highest BCUT2D eigenvalue weighted by Crippen LogP contribution is 2.25. The van der Waals surface area contributed by atoms with E-state index in [1.54, 1.807) is 25.1 Å². The zero-order valence-electron chi connectivity index (χ0n) is 10.0. The summed E-state index contributed by atoms with van der Waals surface area (Å²) in [7, 11) is 0. The molecule has 7 heteroatoms. The summed E-state index contributed by atoms with van der Waals surface area (Å²) >= 11 is 7.06. The molecule has 2 rings (SSSR count). The number of carbonyl (C=O) groups is 1. The first-order chi connectivity index (χ1) is 8.97. The number of rotatable bonds is 4. The van der Waals surface area contributed by atoms with Gasteiger partial charge in [-0.3, -0.25) is 9.59 Å². The van der Waals surface area contributed by atoms with Crippen molar-refractivity contribution in [1.82, 2.24) is 9.97 Å². The fourth-order valence-corrected chi connectivity index (χ4v) is 2.43. The maximum atomic E-state index is 11.9. The third kappa shape index (κ3) is 3.27. The van der Waals surface area contributed by atoms with E-state index in [1.807, 2.05) is 0 Å². The van der Waals surface area contributed by atoms with Crippen molar-refractivity contribution in [2.75, 3.05) is 5.75 Å². The number of carboxylic acid groups (broad SMARTS) is 1. The maximum absolute atomic E-state index is 11.9. The van der Waals surface area contributed by atoms with Crippen LogP contribution in [0.25, 0.3) is 10.9 Å². The molecule has 0 bridgehead atoms. The number of benzene rings is 1. The van der Waals surface area contributed by atoms with Crippen molar-refractivity contribution in [2.45, 2.75) is 12.2 Å². The van der Waals surface area contributed by atoms with Gasteiger partial charge in [-0.1, -0.05) is 11.6 Å². The summed E-state index contributed by atoms with van der Waals surface area (Å²) < 4.78 is 0. The average molecular weight is 299 g/mol. The molecule has 2 N–H and O–H groups in total. The van der Waals surface area contributed by atoms with E-state index in [1.165, 1.54) is 11.8 Å². The van der Waals surface area contributed by atoms with Crippen LogP contribution in [0.1, 0.15) is 18.0 Å². The summed E-state index contributed by atoms with van der Waals surface area (Å²) in [6.07, 6.45) is 0. The number of aliphatic carboxylic acids is 1. The van der Waals surface area contributed by atoms with Gasteiger partial charge in [0.05, 0.1) is 21.9 Å². The zero-order valence-corrected chi connectivity index (χ0v) is 11.6. The van der Waals surface area contributed by atoms with Gasteiger partial charge in [0.25, 0.3) is 5.56 Å². The number of fused-ring (bicyclic) bond motifs is 1. The maximum Gasteiger partial charge on any atom is 0.313 e. The Balaban J connectivity index is 2.39. The predicted molar refractivity (Wildman–Crippen MR) is 75.9 cm³/mol. The number of aromatic amines is 1. The summed E-state index contributed by atoms with van der Waals surface area (Å²) in [5.74, 6) is -0.493. The summed E-state index contributed by atoms with van der Waals surface area (Å²) in [5.41, 5.74) is 0.258. The fraction of sp³-hybridized carbons (Fsp3) is 0.250. The molecule has 0 saturated carbocycles. The molecular weight excluding hydrogens is 288 g/mol. The van der Waals surface area contributed by atoms with Gasteiger partial charge in [-0.05, 0) is 25.1 Å². The second-order valence-corrected chi connectivity index (χ2v) is 5.73. The average Bonchev–Trinajstić information content (AvgIpc) is 2.35. The summed E-state index contributed by atoms with van der Waals surface area (Å²) in [5, 5.41) is 9.39. The van der Waals surface area contributed by atoms with Crippen molar-refractivity contribution in [3.63, 3.8) is 0 Å². The van der Waals surface area contributed by atoms with E-state index in [0.29, 0.717) is 21.7 Å². The lowest BCUT2D eigenvalue weighted by molar-refractivity contribution is -0.133. The third-order valence-electron chi connectivity index (χ3n) is 2.53. The van der Waals surface area contributed by atoms with Gasteiger partial charge < -0.3 is 10.1 Å². The van der Waals surface area contributed by atoms with Gasteiger partial charge in [-0.2, -0.15) is 0 Å². The number of carboxylic acids is 1. The first kappa shape index (κ1) is 13.9. The van der Waals surface area contributed by atoms with Gasteiger partial charge in [0.15, 0.2) is 0 Å². The van der Waals surface area contributed by atoms with Crippen LogP contribution < -0.4 is 5.56 Å². The van der Waals surface area contributed by atoms with Crippen LogP contribution in [0.2, 0.25) is 5.02 Å². The number of halogens is 1. The molecule has 1 atom stereocenters. The van der Waals surface area contributed by atoms with Crippen LogP contribution in [0.5, 0.6) is 0 Å². The molecule has 2 aromatic rings. The number of nitrogens with one attached hydrogen (secondary N) is 1. The Bertz CT molecular complexity index is 686. The second kappa shape index (κ2) is 5.63. The Kier molecular flexibility index (Phi) is 4.11. The molecule has 0 unspecified atom stereocenters. The quantitative estimate of drug-likeness (QED) is 0.906. The van der Waals surface area contributed by atoms with E-state index in [2.05, 4.69) is 9.97 Å². The smallest absolute Gasteiger partial charge is 0.313 e. The normalized spacial score (nSPS) is 12.5. The minimum absolute atomic E-state index is 0.0432. The topological polar surface area (TPSA) is 83.0 Å². The largest absolute Gasteiger partial charge is 0.481 e. The van der Waals surface area contributed by atoms with Crippen LogP contribution in [0, 0.1) is 0 Å². The molecule has 19 heavy (non-hydrogen) atoms. The van der Waals surface area contributed by atoms with Gasteiger partial charge in [0.2, 0.25) is 0 Å². The lowest BCUT2D eigenvalue weighted by Gasteiger charge is -2.09. The third-order valence-corrected chi connectivity index (χ3v) is 3.90. The predicted octanol–water partition coefficient (Wildman–Crippen LogP) is 2.46. The van der Waals surface area contributed by atoms with Crippen LogP contribution in [0.4, 0.5) is 0 Å². The molecule has 0 amide bonds.